The molecule has 0 amide bonds. The number of hydroxylamine groups is 2. The molecular formula is C14H21NO. The first-order chi connectivity index (χ1) is 7.81. The fourth-order valence-corrected chi connectivity index (χ4v) is 2.37. The van der Waals surface area contributed by atoms with Gasteiger partial charge in [-0.2, -0.15) is 5.06 Å². The first-order valence-electron chi connectivity index (χ1n) is 6.25. The highest BCUT2D eigenvalue weighted by Crippen LogP contribution is 2.34. The summed E-state index contributed by atoms with van der Waals surface area (Å²) in [5.74, 6) is 0. The Kier molecular flexibility index (Phi) is 3.97. The molecule has 0 aliphatic carbocycles. The average Bonchev–Trinajstić information content (AvgIpc) is 2.69. The molecule has 88 valence electrons. The van der Waals surface area contributed by atoms with Crippen LogP contribution < -0.4 is 0 Å². The van der Waals surface area contributed by atoms with Gasteiger partial charge in [-0.05, 0) is 18.4 Å². The molecule has 1 aromatic rings. The average molecular weight is 219 g/mol. The third kappa shape index (κ3) is 2.63. The van der Waals surface area contributed by atoms with Crippen molar-refractivity contribution < 1.29 is 4.84 Å². The van der Waals surface area contributed by atoms with Crippen molar-refractivity contribution in [1.82, 2.24) is 5.06 Å². The summed E-state index contributed by atoms with van der Waals surface area (Å²) in [6, 6.07) is 11.1. The number of benzene rings is 1. The van der Waals surface area contributed by atoms with Crippen LogP contribution in [0, 0.1) is 0 Å². The van der Waals surface area contributed by atoms with E-state index in [4.69, 9.17) is 4.84 Å². The molecule has 2 atom stereocenters. The summed E-state index contributed by atoms with van der Waals surface area (Å²) in [6.45, 7) is 2.23. The molecule has 1 heterocycles. The van der Waals surface area contributed by atoms with Gasteiger partial charge in [0.05, 0.1) is 12.1 Å². The Morgan fingerprint density at radius 2 is 2.06 bits per heavy atom. The van der Waals surface area contributed by atoms with Crippen molar-refractivity contribution in [1.29, 1.82) is 0 Å². The Morgan fingerprint density at radius 1 is 1.31 bits per heavy atom. The number of unbranched alkanes of at least 4 members (excludes halogenated alkanes) is 1. The number of rotatable bonds is 4. The minimum atomic E-state index is 0.412. The molecule has 0 N–H and O–H groups in total. The van der Waals surface area contributed by atoms with Gasteiger partial charge >= 0.3 is 0 Å². The Bertz CT molecular complexity index is 312. The predicted octanol–water partition coefficient (Wildman–Crippen LogP) is 3.55. The third-order valence-corrected chi connectivity index (χ3v) is 3.30. The van der Waals surface area contributed by atoms with E-state index in [0.717, 1.165) is 6.42 Å². The highest BCUT2D eigenvalue weighted by molar-refractivity contribution is 5.19. The Balaban J connectivity index is 1.97. The second-order valence-corrected chi connectivity index (χ2v) is 4.58. The van der Waals surface area contributed by atoms with Crippen LogP contribution in [0.25, 0.3) is 0 Å². The van der Waals surface area contributed by atoms with E-state index in [9.17, 15) is 0 Å². The molecule has 2 heteroatoms. The largest absolute Gasteiger partial charge is 0.295 e. The van der Waals surface area contributed by atoms with Gasteiger partial charge in [0.2, 0.25) is 0 Å². The summed E-state index contributed by atoms with van der Waals surface area (Å²) < 4.78 is 0. The minimum absolute atomic E-state index is 0.412. The minimum Gasteiger partial charge on any atom is -0.295 e. The van der Waals surface area contributed by atoms with E-state index in [2.05, 4.69) is 37.3 Å². The fraction of sp³-hybridized carbons (Fsp3) is 0.571. The van der Waals surface area contributed by atoms with Crippen molar-refractivity contribution in [2.45, 2.75) is 44.8 Å². The van der Waals surface area contributed by atoms with Crippen molar-refractivity contribution in [3.05, 3.63) is 35.9 Å². The molecule has 0 radical (unpaired) electrons. The van der Waals surface area contributed by atoms with Gasteiger partial charge < -0.3 is 0 Å². The van der Waals surface area contributed by atoms with E-state index in [0.29, 0.717) is 12.1 Å². The molecule has 1 aliphatic rings. The molecule has 16 heavy (non-hydrogen) atoms. The van der Waals surface area contributed by atoms with Gasteiger partial charge in [0.1, 0.15) is 0 Å². The molecule has 2 unspecified atom stereocenters. The first kappa shape index (κ1) is 11.6. The summed E-state index contributed by atoms with van der Waals surface area (Å²) in [7, 11) is 2.05. The Labute approximate surface area is 98.2 Å². The standard InChI is InChI=1S/C14H21NO/c1-3-4-10-13-11-14(15(2)16-13)12-8-6-5-7-9-12/h5-9,13-14H,3-4,10-11H2,1-2H3. The summed E-state index contributed by atoms with van der Waals surface area (Å²) in [5.41, 5.74) is 1.36. The molecule has 1 aromatic carbocycles. The maximum atomic E-state index is 5.86. The lowest BCUT2D eigenvalue weighted by molar-refractivity contribution is -0.145. The van der Waals surface area contributed by atoms with Gasteiger partial charge in [-0.3, -0.25) is 4.84 Å². The fourth-order valence-electron chi connectivity index (χ4n) is 2.37. The van der Waals surface area contributed by atoms with Crippen molar-refractivity contribution in [2.24, 2.45) is 0 Å². The highest BCUT2D eigenvalue weighted by Gasteiger charge is 2.31. The third-order valence-electron chi connectivity index (χ3n) is 3.30. The molecule has 1 saturated heterocycles. The monoisotopic (exact) mass is 219 g/mol. The van der Waals surface area contributed by atoms with Gasteiger partial charge in [-0.1, -0.05) is 50.1 Å². The van der Waals surface area contributed by atoms with Crippen LogP contribution in [0.4, 0.5) is 0 Å². The van der Waals surface area contributed by atoms with Gasteiger partial charge in [0.25, 0.3) is 0 Å². The topological polar surface area (TPSA) is 12.5 Å². The lowest BCUT2D eigenvalue weighted by atomic mass is 9.99. The molecule has 0 aromatic heterocycles. The van der Waals surface area contributed by atoms with Crippen molar-refractivity contribution in [2.75, 3.05) is 7.05 Å². The molecule has 1 fully saturated rings. The van der Waals surface area contributed by atoms with Gasteiger partial charge in [0, 0.05) is 7.05 Å². The first-order valence-corrected chi connectivity index (χ1v) is 6.25. The smallest absolute Gasteiger partial charge is 0.0812 e. The quantitative estimate of drug-likeness (QED) is 0.767. The van der Waals surface area contributed by atoms with Crippen molar-refractivity contribution in [3.8, 4) is 0 Å². The van der Waals surface area contributed by atoms with Gasteiger partial charge in [0.15, 0.2) is 0 Å². The van der Waals surface area contributed by atoms with Crippen LogP contribution in [-0.4, -0.2) is 18.2 Å². The van der Waals surface area contributed by atoms with Gasteiger partial charge in [-0.25, -0.2) is 0 Å². The normalized spacial score (nSPS) is 26.1. The van der Waals surface area contributed by atoms with E-state index in [1.807, 2.05) is 12.1 Å². The summed E-state index contributed by atoms with van der Waals surface area (Å²) in [4.78, 5) is 5.86. The second kappa shape index (κ2) is 5.46. The van der Waals surface area contributed by atoms with E-state index >= 15 is 0 Å². The SMILES string of the molecule is CCCCC1CC(c2ccccc2)N(C)O1. The van der Waals surface area contributed by atoms with E-state index < -0.39 is 0 Å². The summed E-state index contributed by atoms with van der Waals surface area (Å²) in [5, 5.41) is 2.02. The highest BCUT2D eigenvalue weighted by atomic mass is 16.7. The van der Waals surface area contributed by atoms with Crippen LogP contribution in [0.5, 0.6) is 0 Å². The molecular weight excluding hydrogens is 198 g/mol. The molecule has 1 aliphatic heterocycles. The van der Waals surface area contributed by atoms with Crippen LogP contribution in [0.3, 0.4) is 0 Å². The zero-order valence-corrected chi connectivity index (χ0v) is 10.2. The van der Waals surface area contributed by atoms with Crippen molar-refractivity contribution >= 4 is 0 Å². The molecule has 2 rings (SSSR count). The predicted molar refractivity (Wildman–Crippen MR) is 66.0 cm³/mol. The van der Waals surface area contributed by atoms with E-state index in [1.165, 1.54) is 24.8 Å². The van der Waals surface area contributed by atoms with Crippen LogP contribution in [-0.2, 0) is 4.84 Å². The number of hydrogen-bond acceptors (Lipinski definition) is 2. The Hall–Kier alpha value is -0.860. The zero-order valence-electron chi connectivity index (χ0n) is 10.2. The second-order valence-electron chi connectivity index (χ2n) is 4.58. The number of hydrogen-bond donors (Lipinski definition) is 0. The van der Waals surface area contributed by atoms with Gasteiger partial charge in [-0.15, -0.1) is 0 Å². The number of nitrogens with zero attached hydrogens (tertiary/aromatic N) is 1. The van der Waals surface area contributed by atoms with E-state index in [-0.39, 0.29) is 0 Å². The maximum absolute atomic E-state index is 5.86. The summed E-state index contributed by atoms with van der Waals surface area (Å²) in [6.07, 6.45) is 5.24. The maximum Gasteiger partial charge on any atom is 0.0812 e. The molecule has 2 nitrogen and oxygen atoms in total. The lowest BCUT2D eigenvalue weighted by Crippen LogP contribution is -2.16. The van der Waals surface area contributed by atoms with Crippen LogP contribution >= 0.6 is 0 Å². The Morgan fingerprint density at radius 3 is 2.75 bits per heavy atom. The van der Waals surface area contributed by atoms with Crippen LogP contribution in [0.1, 0.15) is 44.2 Å². The van der Waals surface area contributed by atoms with Crippen LogP contribution in [0.2, 0.25) is 0 Å². The molecule has 0 bridgehead atoms. The van der Waals surface area contributed by atoms with Crippen LogP contribution in [0.15, 0.2) is 30.3 Å². The summed E-state index contributed by atoms with van der Waals surface area (Å²) >= 11 is 0. The molecule has 0 saturated carbocycles. The molecule has 0 spiro atoms. The van der Waals surface area contributed by atoms with Crippen molar-refractivity contribution in [3.63, 3.8) is 0 Å². The zero-order chi connectivity index (χ0) is 11.4. The van der Waals surface area contributed by atoms with E-state index in [1.54, 1.807) is 0 Å². The lowest BCUT2D eigenvalue weighted by Gasteiger charge is -2.17.